The normalized spacial score (nSPS) is 14.1. The summed E-state index contributed by atoms with van der Waals surface area (Å²) >= 11 is 1.62. The van der Waals surface area contributed by atoms with E-state index in [2.05, 4.69) is 17.0 Å². The number of nitrogens with zero attached hydrogens (tertiary/aromatic N) is 1. The molecule has 180 valence electrons. The van der Waals surface area contributed by atoms with Gasteiger partial charge in [0.2, 0.25) is 0 Å². The van der Waals surface area contributed by atoms with Crippen LogP contribution < -0.4 is 14.2 Å². The van der Waals surface area contributed by atoms with Crippen LogP contribution in [0.5, 0.6) is 23.0 Å². The number of piperidine rings is 1. The maximum atomic E-state index is 11.4. The number of esters is 1. The van der Waals surface area contributed by atoms with E-state index < -0.39 is 0 Å². The average molecular weight is 488 g/mol. The predicted octanol–water partition coefficient (Wildman–Crippen LogP) is 7.15. The Balaban J connectivity index is 1.35. The zero-order valence-corrected chi connectivity index (χ0v) is 20.7. The Bertz CT molecular complexity index is 1280. The third-order valence-corrected chi connectivity index (χ3v) is 7.26. The lowest BCUT2D eigenvalue weighted by Crippen LogP contribution is -2.33. The van der Waals surface area contributed by atoms with Crippen LogP contribution in [0.15, 0.2) is 72.8 Å². The summed E-state index contributed by atoms with van der Waals surface area (Å²) in [6.45, 7) is 5.42. The van der Waals surface area contributed by atoms with Crippen molar-refractivity contribution in [1.29, 1.82) is 0 Å². The third kappa shape index (κ3) is 5.84. The third-order valence-electron chi connectivity index (χ3n) is 6.08. The van der Waals surface area contributed by atoms with E-state index in [0.717, 1.165) is 44.3 Å². The highest BCUT2D eigenvalue weighted by Gasteiger charge is 2.17. The molecule has 6 heteroatoms. The minimum Gasteiger partial charge on any atom is -0.492 e. The van der Waals surface area contributed by atoms with Gasteiger partial charge in [-0.1, -0.05) is 36.8 Å². The molecule has 0 N–H and O–H groups in total. The number of carbonyl (C=O) groups excluding carboxylic acids is 1. The summed E-state index contributed by atoms with van der Waals surface area (Å²) in [6.07, 6.45) is 3.93. The fourth-order valence-electron chi connectivity index (χ4n) is 4.36. The molecular weight excluding hydrogens is 458 g/mol. The number of carbonyl (C=O) groups is 1. The van der Waals surface area contributed by atoms with E-state index in [-0.39, 0.29) is 5.97 Å². The molecule has 0 saturated carbocycles. The molecule has 1 aliphatic heterocycles. The summed E-state index contributed by atoms with van der Waals surface area (Å²) in [4.78, 5) is 14.9. The number of benzene rings is 3. The molecule has 0 bridgehead atoms. The summed E-state index contributed by atoms with van der Waals surface area (Å²) in [5, 5.41) is 0.978. The predicted molar refractivity (Wildman–Crippen MR) is 141 cm³/mol. The van der Waals surface area contributed by atoms with E-state index in [1.54, 1.807) is 17.4 Å². The Morgan fingerprint density at radius 1 is 0.886 bits per heavy atom. The van der Waals surface area contributed by atoms with Crippen LogP contribution in [-0.2, 0) is 4.79 Å². The van der Waals surface area contributed by atoms with Crippen LogP contribution >= 0.6 is 11.3 Å². The molecular formula is C29H29NO4S. The van der Waals surface area contributed by atoms with Crippen molar-refractivity contribution in [3.05, 3.63) is 72.8 Å². The molecule has 1 aliphatic rings. The molecule has 0 amide bonds. The van der Waals surface area contributed by atoms with E-state index >= 15 is 0 Å². The zero-order valence-electron chi connectivity index (χ0n) is 19.9. The Morgan fingerprint density at radius 3 is 2.34 bits per heavy atom. The van der Waals surface area contributed by atoms with Crippen LogP contribution in [0.4, 0.5) is 0 Å². The SMILES string of the molecule is CC(=O)Oc1ccc2c(Oc3ccc(OCCN4CCCCC4)cc3)c(-c3ccccc3)sc2c1. The lowest BCUT2D eigenvalue weighted by atomic mass is 10.1. The number of hydrogen-bond donors (Lipinski definition) is 0. The molecule has 2 heterocycles. The van der Waals surface area contributed by atoms with Crippen LogP contribution in [0.1, 0.15) is 26.2 Å². The maximum Gasteiger partial charge on any atom is 0.308 e. The number of likely N-dealkylation sites (tertiary alicyclic amines) is 1. The maximum absolute atomic E-state index is 11.4. The molecule has 0 aliphatic carbocycles. The molecule has 3 aromatic carbocycles. The standard InChI is InChI=1S/C29H29NO4S/c1-21(31)33-25-14-15-26-27(20-25)35-29(22-8-4-2-5-9-22)28(26)34-24-12-10-23(11-13-24)32-19-18-30-16-6-3-7-17-30/h2,4-5,8-15,20H,3,6-7,16-19H2,1H3. The van der Waals surface area contributed by atoms with E-state index in [1.807, 2.05) is 54.6 Å². The van der Waals surface area contributed by atoms with Crippen molar-refractivity contribution in [2.45, 2.75) is 26.2 Å². The molecule has 0 unspecified atom stereocenters. The summed E-state index contributed by atoms with van der Waals surface area (Å²) in [5.41, 5.74) is 1.08. The molecule has 0 spiro atoms. The van der Waals surface area contributed by atoms with Gasteiger partial charge >= 0.3 is 5.97 Å². The van der Waals surface area contributed by atoms with Crippen LogP contribution in [0.25, 0.3) is 20.5 Å². The largest absolute Gasteiger partial charge is 0.492 e. The number of hydrogen-bond acceptors (Lipinski definition) is 6. The van der Waals surface area contributed by atoms with E-state index in [9.17, 15) is 4.79 Å². The fraction of sp³-hybridized carbons (Fsp3) is 0.276. The topological polar surface area (TPSA) is 48.0 Å². The van der Waals surface area contributed by atoms with Crippen LogP contribution in [0.2, 0.25) is 0 Å². The minimum atomic E-state index is -0.334. The summed E-state index contributed by atoms with van der Waals surface area (Å²) < 4.78 is 18.7. The van der Waals surface area contributed by atoms with Gasteiger partial charge in [-0.05, 0) is 74.0 Å². The molecule has 4 aromatic rings. The Kier molecular flexibility index (Phi) is 7.31. The molecule has 1 fully saturated rings. The zero-order chi connectivity index (χ0) is 24.0. The number of thiophene rings is 1. The van der Waals surface area contributed by atoms with Gasteiger partial charge in [0.05, 0.1) is 4.88 Å². The minimum absolute atomic E-state index is 0.334. The van der Waals surface area contributed by atoms with Crippen LogP contribution in [0, 0.1) is 0 Å². The van der Waals surface area contributed by atoms with Crippen LogP contribution in [-0.4, -0.2) is 37.1 Å². The van der Waals surface area contributed by atoms with Crippen LogP contribution in [0.3, 0.4) is 0 Å². The molecule has 5 nitrogen and oxygen atoms in total. The molecule has 0 atom stereocenters. The highest BCUT2D eigenvalue weighted by Crippen LogP contribution is 2.47. The first kappa shape index (κ1) is 23.4. The lowest BCUT2D eigenvalue weighted by Gasteiger charge is -2.26. The second-order valence-corrected chi connectivity index (χ2v) is 9.75. The first-order chi connectivity index (χ1) is 17.2. The Hall–Kier alpha value is -3.35. The molecule has 0 radical (unpaired) electrons. The molecule has 1 saturated heterocycles. The van der Waals surface area contributed by atoms with Gasteiger partial charge in [0.1, 0.15) is 23.9 Å². The van der Waals surface area contributed by atoms with Crippen molar-refractivity contribution in [3.63, 3.8) is 0 Å². The van der Waals surface area contributed by atoms with Gasteiger partial charge in [-0.15, -0.1) is 11.3 Å². The quantitative estimate of drug-likeness (QED) is 0.195. The van der Waals surface area contributed by atoms with E-state index in [4.69, 9.17) is 14.2 Å². The van der Waals surface area contributed by atoms with Gasteiger partial charge < -0.3 is 14.2 Å². The van der Waals surface area contributed by atoms with Crippen molar-refractivity contribution in [2.24, 2.45) is 0 Å². The summed E-state index contributed by atoms with van der Waals surface area (Å²) in [6, 6.07) is 23.6. The second-order valence-electron chi connectivity index (χ2n) is 8.70. The average Bonchev–Trinajstić information content (AvgIpc) is 3.23. The van der Waals surface area contributed by atoms with Crippen molar-refractivity contribution in [2.75, 3.05) is 26.2 Å². The van der Waals surface area contributed by atoms with Gasteiger partial charge in [-0.2, -0.15) is 0 Å². The summed E-state index contributed by atoms with van der Waals surface area (Å²) in [7, 11) is 0. The summed E-state index contributed by atoms with van der Waals surface area (Å²) in [5.74, 6) is 2.58. The molecule has 1 aromatic heterocycles. The van der Waals surface area contributed by atoms with E-state index in [0.29, 0.717) is 12.4 Å². The van der Waals surface area contributed by atoms with Gasteiger partial charge in [-0.3, -0.25) is 9.69 Å². The smallest absolute Gasteiger partial charge is 0.308 e. The highest BCUT2D eigenvalue weighted by molar-refractivity contribution is 7.22. The first-order valence-corrected chi connectivity index (χ1v) is 12.9. The lowest BCUT2D eigenvalue weighted by molar-refractivity contribution is -0.131. The van der Waals surface area contributed by atoms with Gasteiger partial charge in [0, 0.05) is 23.6 Å². The van der Waals surface area contributed by atoms with Gasteiger partial charge in [0.25, 0.3) is 0 Å². The van der Waals surface area contributed by atoms with Crippen molar-refractivity contribution >= 4 is 27.4 Å². The van der Waals surface area contributed by atoms with E-state index in [1.165, 1.54) is 39.3 Å². The Morgan fingerprint density at radius 2 is 1.60 bits per heavy atom. The van der Waals surface area contributed by atoms with Gasteiger partial charge in [-0.25, -0.2) is 0 Å². The van der Waals surface area contributed by atoms with Crippen molar-refractivity contribution in [1.82, 2.24) is 4.90 Å². The molecule has 5 rings (SSSR count). The van der Waals surface area contributed by atoms with Gasteiger partial charge in [0.15, 0.2) is 5.75 Å². The van der Waals surface area contributed by atoms with Crippen molar-refractivity contribution < 1.29 is 19.0 Å². The van der Waals surface area contributed by atoms with Crippen molar-refractivity contribution in [3.8, 4) is 33.4 Å². The Labute approximate surface area is 209 Å². The second kappa shape index (κ2) is 10.9. The number of ether oxygens (including phenoxy) is 3. The fourth-order valence-corrected chi connectivity index (χ4v) is 5.52. The highest BCUT2D eigenvalue weighted by atomic mass is 32.1. The number of fused-ring (bicyclic) bond motifs is 1. The molecule has 35 heavy (non-hydrogen) atoms. The number of rotatable bonds is 8. The first-order valence-electron chi connectivity index (χ1n) is 12.1. The monoisotopic (exact) mass is 487 g/mol.